The van der Waals surface area contributed by atoms with Gasteiger partial charge in [-0.15, -0.1) is 0 Å². The van der Waals surface area contributed by atoms with E-state index in [0.717, 1.165) is 5.56 Å². The summed E-state index contributed by atoms with van der Waals surface area (Å²) in [4.78, 5) is 25.3. The third kappa shape index (κ3) is 2.95. The molecule has 0 radical (unpaired) electrons. The normalized spacial score (nSPS) is 20.2. The van der Waals surface area contributed by atoms with Crippen molar-refractivity contribution < 1.29 is 9.59 Å². The summed E-state index contributed by atoms with van der Waals surface area (Å²) in [5.74, 6) is -0.294. The molecule has 3 rings (SSSR count). The molecule has 1 N–H and O–H groups in total. The molecule has 2 aliphatic rings. The molecule has 23 heavy (non-hydrogen) atoms. The summed E-state index contributed by atoms with van der Waals surface area (Å²) in [7, 11) is 0. The number of carbonyl (C=O) groups is 2. The van der Waals surface area contributed by atoms with E-state index in [1.54, 1.807) is 4.90 Å². The average Bonchev–Trinajstić information content (AvgIpc) is 2.62. The van der Waals surface area contributed by atoms with Crippen molar-refractivity contribution in [2.45, 2.75) is 31.1 Å². The number of likely N-dealkylation sites (tertiary alicyclic amines) is 1. The van der Waals surface area contributed by atoms with Crippen molar-refractivity contribution in [2.24, 2.45) is 5.10 Å². The van der Waals surface area contributed by atoms with Gasteiger partial charge >= 0.3 is 0 Å². The predicted octanol–water partition coefficient (Wildman–Crippen LogP) is 1.34. The molecule has 6 heteroatoms. The number of carbonyl (C=O) groups excluding carboxylic acids is 2. The molecule has 2 amide bonds. The lowest BCUT2D eigenvalue weighted by Gasteiger charge is -2.37. The molecule has 0 aliphatic carbocycles. The maximum Gasteiger partial charge on any atom is 0.270 e. The Morgan fingerprint density at radius 2 is 1.91 bits per heavy atom. The molecule has 0 bridgehead atoms. The molecule has 0 unspecified atom stereocenters. The summed E-state index contributed by atoms with van der Waals surface area (Å²) in [6.45, 7) is 1.04. The Bertz CT molecular complexity index is 682. The van der Waals surface area contributed by atoms with E-state index >= 15 is 0 Å². The molecular formula is C17H18N4O2. The van der Waals surface area contributed by atoms with Gasteiger partial charge in [0.15, 0.2) is 0 Å². The van der Waals surface area contributed by atoms with E-state index in [1.807, 2.05) is 30.3 Å². The van der Waals surface area contributed by atoms with Crippen molar-refractivity contribution in [3.63, 3.8) is 0 Å². The van der Waals surface area contributed by atoms with Crippen LogP contribution in [0.4, 0.5) is 0 Å². The predicted molar refractivity (Wildman–Crippen MR) is 84.4 cm³/mol. The van der Waals surface area contributed by atoms with Gasteiger partial charge in [-0.1, -0.05) is 30.3 Å². The standard InChI is InChI=1S/C17H18N4O2/c18-12-17(13-4-2-1-3-5-13)8-10-21(11-9-17)16(23)14-6-7-15(22)20-19-14/h1-5H,6-11H2,(H,20,22). The quantitative estimate of drug-likeness (QED) is 0.894. The van der Waals surface area contributed by atoms with Gasteiger partial charge in [0.2, 0.25) is 5.91 Å². The summed E-state index contributed by atoms with van der Waals surface area (Å²) < 4.78 is 0. The van der Waals surface area contributed by atoms with E-state index in [1.165, 1.54) is 0 Å². The first kappa shape index (κ1) is 15.2. The van der Waals surface area contributed by atoms with Gasteiger partial charge in [-0.2, -0.15) is 10.4 Å². The molecule has 1 aromatic rings. The number of rotatable bonds is 2. The van der Waals surface area contributed by atoms with Gasteiger partial charge in [0, 0.05) is 25.9 Å². The molecular weight excluding hydrogens is 292 g/mol. The number of piperidine rings is 1. The first-order valence-electron chi connectivity index (χ1n) is 7.76. The number of benzene rings is 1. The number of nitriles is 1. The fourth-order valence-electron chi connectivity index (χ4n) is 3.12. The highest BCUT2D eigenvalue weighted by molar-refractivity contribution is 6.39. The second-order valence-electron chi connectivity index (χ2n) is 5.95. The Balaban J connectivity index is 1.69. The van der Waals surface area contributed by atoms with Gasteiger partial charge in [-0.05, 0) is 18.4 Å². The summed E-state index contributed by atoms with van der Waals surface area (Å²) in [5, 5.41) is 13.5. The molecule has 0 atom stereocenters. The Kier molecular flexibility index (Phi) is 4.11. The highest BCUT2D eigenvalue weighted by Crippen LogP contribution is 2.35. The van der Waals surface area contributed by atoms with Crippen molar-refractivity contribution in [3.8, 4) is 6.07 Å². The molecule has 1 aromatic carbocycles. The molecule has 6 nitrogen and oxygen atoms in total. The highest BCUT2D eigenvalue weighted by Gasteiger charge is 2.38. The molecule has 1 saturated heterocycles. The lowest BCUT2D eigenvalue weighted by Crippen LogP contribution is -2.48. The maximum absolute atomic E-state index is 12.5. The zero-order valence-electron chi connectivity index (χ0n) is 12.8. The van der Waals surface area contributed by atoms with E-state index < -0.39 is 5.41 Å². The van der Waals surface area contributed by atoms with Crippen molar-refractivity contribution >= 4 is 17.5 Å². The summed E-state index contributed by atoms with van der Waals surface area (Å²) in [6, 6.07) is 12.2. The lowest BCUT2D eigenvalue weighted by atomic mass is 9.74. The third-order valence-electron chi connectivity index (χ3n) is 4.60. The Labute approximate surface area is 134 Å². The Morgan fingerprint density at radius 3 is 2.48 bits per heavy atom. The largest absolute Gasteiger partial charge is 0.337 e. The van der Waals surface area contributed by atoms with E-state index in [4.69, 9.17) is 0 Å². The SMILES string of the molecule is N#CC1(c2ccccc2)CCN(C(=O)C2=NNC(=O)CC2)CC1. The smallest absolute Gasteiger partial charge is 0.270 e. The Morgan fingerprint density at radius 1 is 1.22 bits per heavy atom. The number of amides is 2. The molecule has 0 saturated carbocycles. The summed E-state index contributed by atoms with van der Waals surface area (Å²) in [5.41, 5.74) is 3.24. The average molecular weight is 310 g/mol. The second kappa shape index (κ2) is 6.21. The monoisotopic (exact) mass is 310 g/mol. The van der Waals surface area contributed by atoms with Crippen LogP contribution in [-0.4, -0.2) is 35.5 Å². The molecule has 1 fully saturated rings. The van der Waals surface area contributed by atoms with Gasteiger partial charge in [0.25, 0.3) is 5.91 Å². The van der Waals surface area contributed by atoms with Gasteiger partial charge in [0.1, 0.15) is 5.71 Å². The molecule has 118 valence electrons. The van der Waals surface area contributed by atoms with Crippen LogP contribution in [0.25, 0.3) is 0 Å². The van der Waals surface area contributed by atoms with Crippen LogP contribution in [0.3, 0.4) is 0 Å². The number of hydrogen-bond acceptors (Lipinski definition) is 4. The van der Waals surface area contributed by atoms with E-state index in [-0.39, 0.29) is 11.8 Å². The fourth-order valence-corrected chi connectivity index (χ4v) is 3.12. The van der Waals surface area contributed by atoms with Crippen molar-refractivity contribution in [1.82, 2.24) is 10.3 Å². The van der Waals surface area contributed by atoms with Crippen LogP contribution in [0.2, 0.25) is 0 Å². The van der Waals surface area contributed by atoms with E-state index in [9.17, 15) is 14.9 Å². The zero-order valence-corrected chi connectivity index (χ0v) is 12.8. The second-order valence-corrected chi connectivity index (χ2v) is 5.95. The van der Waals surface area contributed by atoms with Crippen LogP contribution in [0.15, 0.2) is 35.4 Å². The molecule has 2 aliphatic heterocycles. The van der Waals surface area contributed by atoms with Gasteiger partial charge in [-0.25, -0.2) is 5.43 Å². The van der Waals surface area contributed by atoms with Crippen molar-refractivity contribution in [1.29, 1.82) is 5.26 Å². The number of hydrazone groups is 1. The minimum Gasteiger partial charge on any atom is -0.337 e. The van der Waals surface area contributed by atoms with E-state index in [2.05, 4.69) is 16.6 Å². The Hall–Kier alpha value is -2.68. The summed E-state index contributed by atoms with van der Waals surface area (Å²) in [6.07, 6.45) is 1.89. The topological polar surface area (TPSA) is 85.6 Å². The summed E-state index contributed by atoms with van der Waals surface area (Å²) >= 11 is 0. The van der Waals surface area contributed by atoms with Crippen LogP contribution in [-0.2, 0) is 15.0 Å². The van der Waals surface area contributed by atoms with Crippen LogP contribution < -0.4 is 5.43 Å². The van der Waals surface area contributed by atoms with Crippen LogP contribution in [0.1, 0.15) is 31.2 Å². The zero-order chi connectivity index (χ0) is 16.3. The van der Waals surface area contributed by atoms with Gasteiger partial charge in [0.05, 0.1) is 11.5 Å². The first-order chi connectivity index (χ1) is 11.1. The fraction of sp³-hybridized carbons (Fsp3) is 0.412. The van der Waals surface area contributed by atoms with Crippen molar-refractivity contribution in [2.75, 3.05) is 13.1 Å². The maximum atomic E-state index is 12.5. The van der Waals surface area contributed by atoms with Crippen molar-refractivity contribution in [3.05, 3.63) is 35.9 Å². The third-order valence-corrected chi connectivity index (χ3v) is 4.60. The minimum atomic E-state index is -0.527. The van der Waals surface area contributed by atoms with Gasteiger partial charge < -0.3 is 4.90 Å². The number of nitrogens with zero attached hydrogens (tertiary/aromatic N) is 3. The van der Waals surface area contributed by atoms with Crippen LogP contribution in [0.5, 0.6) is 0 Å². The van der Waals surface area contributed by atoms with Crippen LogP contribution in [0, 0.1) is 11.3 Å². The van der Waals surface area contributed by atoms with Gasteiger partial charge in [-0.3, -0.25) is 9.59 Å². The minimum absolute atomic E-state index is 0.135. The van der Waals surface area contributed by atoms with E-state index in [0.29, 0.717) is 44.5 Å². The number of hydrogen-bond donors (Lipinski definition) is 1. The molecule has 0 spiro atoms. The first-order valence-corrected chi connectivity index (χ1v) is 7.76. The molecule has 2 heterocycles. The number of nitrogens with one attached hydrogen (secondary N) is 1. The van der Waals surface area contributed by atoms with Crippen LogP contribution >= 0.6 is 0 Å². The molecule has 0 aromatic heterocycles. The highest BCUT2D eigenvalue weighted by atomic mass is 16.2. The lowest BCUT2D eigenvalue weighted by molar-refractivity contribution is -0.125.